The fourth-order valence-electron chi connectivity index (χ4n) is 1.99. The Bertz CT molecular complexity index is 367. The average Bonchev–Trinajstić information content (AvgIpc) is 2.33. The van der Waals surface area contributed by atoms with Crippen LogP contribution in [0.1, 0.15) is 25.7 Å². The molecule has 1 aromatic heterocycles. The van der Waals surface area contributed by atoms with Gasteiger partial charge in [-0.15, -0.1) is 0 Å². The minimum atomic E-state index is 0.396. The second-order valence-corrected chi connectivity index (χ2v) is 5.21. The lowest BCUT2D eigenvalue weighted by atomic mass is 10.1. The van der Waals surface area contributed by atoms with Crippen LogP contribution >= 0.6 is 15.9 Å². The zero-order valence-electron chi connectivity index (χ0n) is 9.79. The van der Waals surface area contributed by atoms with Gasteiger partial charge in [0.05, 0.1) is 11.8 Å². The predicted octanol–water partition coefficient (Wildman–Crippen LogP) is 2.80. The molecule has 3 N–H and O–H groups in total. The van der Waals surface area contributed by atoms with Crippen molar-refractivity contribution < 1.29 is 4.74 Å². The highest BCUT2D eigenvalue weighted by molar-refractivity contribution is 9.10. The predicted molar refractivity (Wildman–Crippen MR) is 73.0 cm³/mol. The lowest BCUT2D eigenvalue weighted by Gasteiger charge is -2.22. The van der Waals surface area contributed by atoms with Crippen molar-refractivity contribution in [1.29, 1.82) is 0 Å². The molecule has 94 valence electrons. The zero-order chi connectivity index (χ0) is 12.1. The number of aromatic nitrogens is 1. The Kier molecular flexibility index (Phi) is 4.62. The van der Waals surface area contributed by atoms with E-state index in [-0.39, 0.29) is 0 Å². The summed E-state index contributed by atoms with van der Waals surface area (Å²) in [5.74, 6) is 0.754. The van der Waals surface area contributed by atoms with E-state index in [4.69, 9.17) is 10.5 Å². The molecule has 0 saturated carbocycles. The molecule has 0 aliphatic carbocycles. The topological polar surface area (TPSA) is 60.2 Å². The number of nitrogens with zero attached hydrogens (tertiary/aromatic N) is 1. The van der Waals surface area contributed by atoms with Crippen LogP contribution in [-0.2, 0) is 4.74 Å². The van der Waals surface area contributed by atoms with E-state index >= 15 is 0 Å². The van der Waals surface area contributed by atoms with Gasteiger partial charge in [0.25, 0.3) is 0 Å². The Balaban J connectivity index is 1.77. The number of anilines is 2. The van der Waals surface area contributed by atoms with Crippen LogP contribution in [-0.4, -0.2) is 24.2 Å². The van der Waals surface area contributed by atoms with Crippen molar-refractivity contribution in [2.45, 2.75) is 31.8 Å². The van der Waals surface area contributed by atoms with E-state index in [1.165, 1.54) is 19.3 Å². The minimum absolute atomic E-state index is 0.396. The number of nitrogen functional groups attached to an aromatic ring is 1. The maximum absolute atomic E-state index is 5.85. The van der Waals surface area contributed by atoms with Crippen LogP contribution in [0.4, 0.5) is 11.5 Å². The Morgan fingerprint density at radius 3 is 3.12 bits per heavy atom. The summed E-state index contributed by atoms with van der Waals surface area (Å²) >= 11 is 3.34. The van der Waals surface area contributed by atoms with Crippen molar-refractivity contribution in [3.05, 3.63) is 16.7 Å². The first-order chi connectivity index (χ1) is 8.25. The lowest BCUT2D eigenvalue weighted by molar-refractivity contribution is 0.0134. The first-order valence-electron chi connectivity index (χ1n) is 6.02. The molecule has 1 aliphatic heterocycles. The van der Waals surface area contributed by atoms with E-state index in [2.05, 4.69) is 26.2 Å². The summed E-state index contributed by atoms with van der Waals surface area (Å²) in [5.41, 5.74) is 6.52. The van der Waals surface area contributed by atoms with Crippen LogP contribution in [0.3, 0.4) is 0 Å². The van der Waals surface area contributed by atoms with Crippen molar-refractivity contribution in [3.63, 3.8) is 0 Å². The average molecular weight is 300 g/mol. The summed E-state index contributed by atoms with van der Waals surface area (Å²) in [5, 5.41) is 3.25. The van der Waals surface area contributed by atoms with Gasteiger partial charge in [-0.1, -0.05) is 0 Å². The molecule has 0 radical (unpaired) electrons. The molecule has 1 aliphatic rings. The molecule has 2 heterocycles. The van der Waals surface area contributed by atoms with E-state index < -0.39 is 0 Å². The second-order valence-electron chi connectivity index (χ2n) is 4.30. The molecule has 0 spiro atoms. The van der Waals surface area contributed by atoms with Crippen molar-refractivity contribution in [2.24, 2.45) is 0 Å². The Labute approximate surface area is 110 Å². The van der Waals surface area contributed by atoms with Crippen LogP contribution in [0.2, 0.25) is 0 Å². The van der Waals surface area contributed by atoms with Gasteiger partial charge in [0.1, 0.15) is 5.82 Å². The van der Waals surface area contributed by atoms with Crippen LogP contribution in [0.5, 0.6) is 0 Å². The van der Waals surface area contributed by atoms with Crippen LogP contribution < -0.4 is 11.1 Å². The number of nitrogens with two attached hydrogens (primary N) is 1. The van der Waals surface area contributed by atoms with E-state index in [9.17, 15) is 0 Å². The molecule has 17 heavy (non-hydrogen) atoms. The highest BCUT2D eigenvalue weighted by Crippen LogP contribution is 2.20. The van der Waals surface area contributed by atoms with Crippen LogP contribution in [0, 0.1) is 0 Å². The summed E-state index contributed by atoms with van der Waals surface area (Å²) in [7, 11) is 0. The van der Waals surface area contributed by atoms with Gasteiger partial charge in [-0.05, 0) is 47.7 Å². The molecule has 2 rings (SSSR count). The molecule has 1 aromatic rings. The monoisotopic (exact) mass is 299 g/mol. The van der Waals surface area contributed by atoms with Gasteiger partial charge in [-0.3, -0.25) is 0 Å². The molecule has 1 fully saturated rings. The van der Waals surface area contributed by atoms with Crippen LogP contribution in [0.15, 0.2) is 16.7 Å². The van der Waals surface area contributed by atoms with Gasteiger partial charge in [-0.25, -0.2) is 4.98 Å². The normalized spacial score (nSPS) is 20.2. The number of pyridine rings is 1. The smallest absolute Gasteiger partial charge is 0.149 e. The van der Waals surface area contributed by atoms with Crippen LogP contribution in [0.25, 0.3) is 0 Å². The summed E-state index contributed by atoms with van der Waals surface area (Å²) in [4.78, 5) is 4.24. The fraction of sp³-hybridized carbons (Fsp3) is 0.583. The first-order valence-corrected chi connectivity index (χ1v) is 6.81. The summed E-state index contributed by atoms with van der Waals surface area (Å²) in [6.07, 6.45) is 6.81. The van der Waals surface area contributed by atoms with Gasteiger partial charge in [0.2, 0.25) is 0 Å². The summed E-state index contributed by atoms with van der Waals surface area (Å²) < 4.78 is 6.57. The first kappa shape index (κ1) is 12.6. The molecular formula is C12H18BrN3O. The largest absolute Gasteiger partial charge is 0.396 e. The highest BCUT2D eigenvalue weighted by Gasteiger charge is 2.13. The van der Waals surface area contributed by atoms with Gasteiger partial charge >= 0.3 is 0 Å². The maximum Gasteiger partial charge on any atom is 0.149 e. The second kappa shape index (κ2) is 6.21. The van der Waals surface area contributed by atoms with Crippen molar-refractivity contribution in [3.8, 4) is 0 Å². The number of halogens is 1. The number of hydrogen-bond donors (Lipinski definition) is 2. The Morgan fingerprint density at radius 1 is 1.53 bits per heavy atom. The van der Waals surface area contributed by atoms with Gasteiger partial charge in [-0.2, -0.15) is 0 Å². The van der Waals surface area contributed by atoms with Gasteiger partial charge in [0, 0.05) is 23.8 Å². The fourth-order valence-corrected chi connectivity index (χ4v) is 2.34. The summed E-state index contributed by atoms with van der Waals surface area (Å²) in [6, 6.07) is 1.85. The van der Waals surface area contributed by atoms with Gasteiger partial charge < -0.3 is 15.8 Å². The van der Waals surface area contributed by atoms with E-state index in [0.717, 1.165) is 29.9 Å². The third-order valence-electron chi connectivity index (χ3n) is 2.92. The number of ether oxygens (including phenoxy) is 1. The molecule has 1 saturated heterocycles. The molecule has 0 aromatic carbocycles. The SMILES string of the molecule is Nc1cc(Br)cnc1NCCC1CCCCO1. The van der Waals surface area contributed by atoms with E-state index in [1.807, 2.05) is 6.07 Å². The highest BCUT2D eigenvalue weighted by atomic mass is 79.9. The molecule has 0 bridgehead atoms. The molecule has 5 heteroatoms. The third kappa shape index (κ3) is 3.85. The van der Waals surface area contributed by atoms with Gasteiger partial charge in [0.15, 0.2) is 0 Å². The molecule has 1 atom stereocenters. The third-order valence-corrected chi connectivity index (χ3v) is 3.35. The standard InChI is InChI=1S/C12H18BrN3O/c13-9-7-11(14)12(16-8-9)15-5-4-10-3-1-2-6-17-10/h7-8,10H,1-6,14H2,(H,15,16). The molecule has 0 amide bonds. The van der Waals surface area contributed by atoms with Crippen molar-refractivity contribution in [1.82, 2.24) is 4.98 Å². The van der Waals surface area contributed by atoms with Crippen molar-refractivity contribution >= 4 is 27.4 Å². The van der Waals surface area contributed by atoms with E-state index in [0.29, 0.717) is 11.8 Å². The molecule has 1 unspecified atom stereocenters. The maximum atomic E-state index is 5.85. The quantitative estimate of drug-likeness (QED) is 0.897. The summed E-state index contributed by atoms with van der Waals surface area (Å²) in [6.45, 7) is 1.76. The number of hydrogen-bond acceptors (Lipinski definition) is 4. The lowest BCUT2D eigenvalue weighted by Crippen LogP contribution is -2.22. The molecule has 4 nitrogen and oxygen atoms in total. The minimum Gasteiger partial charge on any atom is -0.396 e. The van der Waals surface area contributed by atoms with Crippen molar-refractivity contribution in [2.75, 3.05) is 24.2 Å². The van der Waals surface area contributed by atoms with E-state index in [1.54, 1.807) is 6.20 Å². The number of nitrogens with one attached hydrogen (secondary N) is 1. The zero-order valence-corrected chi connectivity index (χ0v) is 11.4. The Hall–Kier alpha value is -0.810. The molecular weight excluding hydrogens is 282 g/mol. The number of rotatable bonds is 4. The Morgan fingerprint density at radius 2 is 2.41 bits per heavy atom.